The third-order valence-electron chi connectivity index (χ3n) is 5.20. The van der Waals surface area contributed by atoms with Crippen LogP contribution >= 0.6 is 0 Å². The minimum atomic E-state index is 0.128. The van der Waals surface area contributed by atoms with Crippen LogP contribution in [0, 0.1) is 12.3 Å². The third kappa shape index (κ3) is 2.59. The van der Waals surface area contributed by atoms with Crippen LogP contribution in [0.5, 0.6) is 0 Å². The van der Waals surface area contributed by atoms with Crippen molar-refractivity contribution in [2.75, 3.05) is 24.7 Å². The van der Waals surface area contributed by atoms with Gasteiger partial charge in [0.25, 0.3) is 0 Å². The van der Waals surface area contributed by atoms with Crippen LogP contribution in [-0.2, 0) is 9.53 Å². The van der Waals surface area contributed by atoms with Crippen molar-refractivity contribution in [2.24, 2.45) is 5.41 Å². The zero-order chi connectivity index (χ0) is 14.9. The maximum atomic E-state index is 11.6. The Morgan fingerprint density at radius 3 is 2.71 bits per heavy atom. The summed E-state index contributed by atoms with van der Waals surface area (Å²) in [5, 5.41) is 4.55. The van der Waals surface area contributed by atoms with E-state index in [0.29, 0.717) is 6.04 Å². The molecular formula is C16H25N3O2. The number of amides is 1. The Balaban J connectivity index is 1.79. The molecule has 1 saturated heterocycles. The molecule has 2 heterocycles. The summed E-state index contributed by atoms with van der Waals surface area (Å²) in [6, 6.07) is 0.513. The van der Waals surface area contributed by atoms with E-state index in [-0.39, 0.29) is 5.41 Å². The van der Waals surface area contributed by atoms with Gasteiger partial charge in [0.2, 0.25) is 6.41 Å². The highest BCUT2D eigenvalue weighted by Gasteiger charge is 2.39. The van der Waals surface area contributed by atoms with Gasteiger partial charge in [-0.05, 0) is 26.2 Å². The molecule has 1 saturated carbocycles. The monoisotopic (exact) mass is 291 g/mol. The SMILES string of the molecule is CCC1(CN(C=O)c2cnn(C3CCCC3)c2C)COC1. The lowest BCUT2D eigenvalue weighted by Gasteiger charge is -2.43. The zero-order valence-electron chi connectivity index (χ0n) is 13.0. The van der Waals surface area contributed by atoms with Crippen molar-refractivity contribution in [1.29, 1.82) is 0 Å². The minimum absolute atomic E-state index is 0.128. The van der Waals surface area contributed by atoms with E-state index in [2.05, 4.69) is 23.6 Å². The van der Waals surface area contributed by atoms with Crippen LogP contribution in [-0.4, -0.2) is 35.9 Å². The van der Waals surface area contributed by atoms with E-state index >= 15 is 0 Å². The van der Waals surface area contributed by atoms with Crippen molar-refractivity contribution in [3.8, 4) is 0 Å². The molecule has 5 heteroatoms. The van der Waals surface area contributed by atoms with Crippen LogP contribution < -0.4 is 4.90 Å². The normalized spacial score (nSPS) is 21.2. The first kappa shape index (κ1) is 14.6. The van der Waals surface area contributed by atoms with Gasteiger partial charge in [-0.3, -0.25) is 9.48 Å². The summed E-state index contributed by atoms with van der Waals surface area (Å²) < 4.78 is 7.48. The van der Waals surface area contributed by atoms with Gasteiger partial charge in [-0.1, -0.05) is 19.8 Å². The molecule has 116 valence electrons. The second-order valence-electron chi connectivity index (χ2n) is 6.58. The average Bonchev–Trinajstić information content (AvgIpc) is 3.08. The van der Waals surface area contributed by atoms with Crippen molar-refractivity contribution in [3.05, 3.63) is 11.9 Å². The van der Waals surface area contributed by atoms with E-state index in [0.717, 1.165) is 44.0 Å². The molecule has 0 aromatic carbocycles. The largest absolute Gasteiger partial charge is 0.380 e. The number of carbonyl (C=O) groups excluding carboxylic acids is 1. The lowest BCUT2D eigenvalue weighted by Crippen LogP contribution is -2.50. The maximum absolute atomic E-state index is 11.6. The van der Waals surface area contributed by atoms with Crippen LogP contribution in [0.1, 0.15) is 50.8 Å². The Labute approximate surface area is 126 Å². The number of ether oxygens (including phenoxy) is 1. The van der Waals surface area contributed by atoms with E-state index in [4.69, 9.17) is 4.74 Å². The standard InChI is InChI=1S/C16H25N3O2/c1-3-16(10-21-11-16)9-18(12-20)15-8-17-19(13(15)2)14-6-4-5-7-14/h8,12,14H,3-7,9-11H2,1-2H3. The van der Waals surface area contributed by atoms with Crippen molar-refractivity contribution in [3.63, 3.8) is 0 Å². The van der Waals surface area contributed by atoms with E-state index in [9.17, 15) is 4.79 Å². The zero-order valence-corrected chi connectivity index (χ0v) is 13.0. The Bertz CT molecular complexity index is 496. The molecule has 1 aromatic heterocycles. The van der Waals surface area contributed by atoms with Crippen LogP contribution in [0.25, 0.3) is 0 Å². The van der Waals surface area contributed by atoms with Gasteiger partial charge in [0.05, 0.1) is 36.8 Å². The van der Waals surface area contributed by atoms with Crippen LogP contribution in [0.2, 0.25) is 0 Å². The summed E-state index contributed by atoms with van der Waals surface area (Å²) in [4.78, 5) is 13.4. The minimum Gasteiger partial charge on any atom is -0.380 e. The Morgan fingerprint density at radius 1 is 1.48 bits per heavy atom. The molecule has 0 atom stereocenters. The lowest BCUT2D eigenvalue weighted by molar-refractivity contribution is -0.117. The number of rotatable bonds is 6. The summed E-state index contributed by atoms with van der Waals surface area (Å²) in [5.74, 6) is 0. The van der Waals surface area contributed by atoms with Crippen LogP contribution in [0.3, 0.4) is 0 Å². The van der Waals surface area contributed by atoms with Gasteiger partial charge in [-0.15, -0.1) is 0 Å². The van der Waals surface area contributed by atoms with Gasteiger partial charge < -0.3 is 9.64 Å². The van der Waals surface area contributed by atoms with Gasteiger partial charge in [0.15, 0.2) is 0 Å². The molecule has 1 aromatic rings. The highest BCUT2D eigenvalue weighted by Crippen LogP contribution is 2.36. The first-order valence-corrected chi connectivity index (χ1v) is 8.03. The number of aromatic nitrogens is 2. The average molecular weight is 291 g/mol. The third-order valence-corrected chi connectivity index (χ3v) is 5.20. The maximum Gasteiger partial charge on any atom is 0.214 e. The molecule has 1 aliphatic heterocycles. The van der Waals surface area contributed by atoms with Gasteiger partial charge in [-0.25, -0.2) is 0 Å². The molecule has 5 nitrogen and oxygen atoms in total. The predicted molar refractivity (Wildman–Crippen MR) is 81.4 cm³/mol. The van der Waals surface area contributed by atoms with E-state index in [1.165, 1.54) is 25.7 Å². The highest BCUT2D eigenvalue weighted by atomic mass is 16.5. The molecule has 1 amide bonds. The Hall–Kier alpha value is -1.36. The second kappa shape index (κ2) is 5.79. The van der Waals surface area contributed by atoms with E-state index in [1.807, 2.05) is 11.1 Å². The van der Waals surface area contributed by atoms with Gasteiger partial charge in [0, 0.05) is 12.0 Å². The lowest BCUT2D eigenvalue weighted by atomic mass is 9.82. The smallest absolute Gasteiger partial charge is 0.214 e. The Kier molecular flexibility index (Phi) is 4.02. The van der Waals surface area contributed by atoms with Gasteiger partial charge in [-0.2, -0.15) is 5.10 Å². The molecule has 2 fully saturated rings. The molecule has 0 bridgehead atoms. The molecule has 0 radical (unpaired) electrons. The molecule has 2 aliphatic rings. The first-order valence-electron chi connectivity index (χ1n) is 8.03. The summed E-state index contributed by atoms with van der Waals surface area (Å²) >= 11 is 0. The Morgan fingerprint density at radius 2 is 2.19 bits per heavy atom. The van der Waals surface area contributed by atoms with Crippen LogP contribution in [0.15, 0.2) is 6.20 Å². The number of anilines is 1. The van der Waals surface area contributed by atoms with Crippen molar-refractivity contribution >= 4 is 12.1 Å². The van der Waals surface area contributed by atoms with E-state index < -0.39 is 0 Å². The molecule has 1 aliphatic carbocycles. The second-order valence-corrected chi connectivity index (χ2v) is 6.58. The fourth-order valence-electron chi connectivity index (χ4n) is 3.55. The molecule has 0 spiro atoms. The number of nitrogens with zero attached hydrogens (tertiary/aromatic N) is 3. The number of hydrogen-bond acceptors (Lipinski definition) is 3. The number of carbonyl (C=O) groups is 1. The predicted octanol–water partition coefficient (Wildman–Crippen LogP) is 2.70. The molecule has 3 rings (SSSR count). The van der Waals surface area contributed by atoms with Crippen molar-refractivity contribution in [1.82, 2.24) is 9.78 Å². The quantitative estimate of drug-likeness (QED) is 0.757. The summed E-state index contributed by atoms with van der Waals surface area (Å²) in [5.41, 5.74) is 2.19. The van der Waals surface area contributed by atoms with Gasteiger partial charge >= 0.3 is 0 Å². The van der Waals surface area contributed by atoms with Crippen molar-refractivity contribution < 1.29 is 9.53 Å². The molecule has 21 heavy (non-hydrogen) atoms. The molecular weight excluding hydrogens is 266 g/mol. The van der Waals surface area contributed by atoms with E-state index in [1.54, 1.807) is 0 Å². The highest BCUT2D eigenvalue weighted by molar-refractivity contribution is 5.76. The summed E-state index contributed by atoms with van der Waals surface area (Å²) in [6.45, 7) is 6.48. The molecule has 0 unspecified atom stereocenters. The number of hydrogen-bond donors (Lipinski definition) is 0. The summed E-state index contributed by atoms with van der Waals surface area (Å²) in [7, 11) is 0. The fraction of sp³-hybridized carbons (Fsp3) is 0.750. The fourth-order valence-corrected chi connectivity index (χ4v) is 3.55. The molecule has 0 N–H and O–H groups in total. The first-order chi connectivity index (χ1) is 10.2. The summed E-state index contributed by atoms with van der Waals surface area (Å²) in [6.07, 6.45) is 8.81. The van der Waals surface area contributed by atoms with Crippen LogP contribution in [0.4, 0.5) is 5.69 Å². The topological polar surface area (TPSA) is 47.4 Å². The van der Waals surface area contributed by atoms with Crippen molar-refractivity contribution in [2.45, 2.75) is 52.0 Å². The van der Waals surface area contributed by atoms with Gasteiger partial charge in [0.1, 0.15) is 0 Å².